The smallest absolute Gasteiger partial charge is 0.322 e. The molecular formula is C14H24N2O2. The van der Waals surface area contributed by atoms with E-state index in [0.29, 0.717) is 17.3 Å². The summed E-state index contributed by atoms with van der Waals surface area (Å²) in [5, 5.41) is 5.21. The first-order valence-electron chi connectivity index (χ1n) is 6.96. The second kappa shape index (κ2) is 4.25. The van der Waals surface area contributed by atoms with Gasteiger partial charge in [0.15, 0.2) is 0 Å². The summed E-state index contributed by atoms with van der Waals surface area (Å²) in [5.74, 6) is 1.08. The Hall–Kier alpha value is -1.06. The fraction of sp³-hybridized carbons (Fsp3) is 0.857. The number of imide groups is 1. The Morgan fingerprint density at radius 2 is 1.44 bits per heavy atom. The van der Waals surface area contributed by atoms with Crippen molar-refractivity contribution >= 4 is 11.9 Å². The van der Waals surface area contributed by atoms with Gasteiger partial charge in [-0.1, -0.05) is 27.7 Å². The second-order valence-corrected chi connectivity index (χ2v) is 6.53. The largest absolute Gasteiger partial charge is 0.323 e. The Bertz CT molecular complexity index is 356. The summed E-state index contributed by atoms with van der Waals surface area (Å²) in [6.45, 7) is 9.08. The molecule has 1 saturated heterocycles. The highest BCUT2D eigenvalue weighted by Gasteiger charge is 2.52. The lowest BCUT2D eigenvalue weighted by Crippen LogP contribution is -2.53. The minimum atomic E-state index is -0.621. The zero-order chi connectivity index (χ0) is 13.6. The SMILES string of the molecule is CC(C)C1(C(C)C)CCC2(CC1)NC(=O)NC2=O. The zero-order valence-corrected chi connectivity index (χ0v) is 11.8. The number of hydrogen-bond donors (Lipinski definition) is 2. The van der Waals surface area contributed by atoms with Crippen molar-refractivity contribution in [2.75, 3.05) is 0 Å². The maximum absolute atomic E-state index is 11.9. The van der Waals surface area contributed by atoms with Gasteiger partial charge in [0, 0.05) is 0 Å². The molecule has 1 heterocycles. The summed E-state index contributed by atoms with van der Waals surface area (Å²) in [6.07, 6.45) is 3.55. The molecule has 0 radical (unpaired) electrons. The quantitative estimate of drug-likeness (QED) is 0.742. The summed E-state index contributed by atoms with van der Waals surface area (Å²) in [5.41, 5.74) is -0.316. The number of amides is 3. The van der Waals surface area contributed by atoms with Crippen molar-refractivity contribution in [3.05, 3.63) is 0 Å². The molecule has 2 N–H and O–H groups in total. The molecule has 1 spiro atoms. The zero-order valence-electron chi connectivity index (χ0n) is 11.8. The van der Waals surface area contributed by atoms with Crippen LogP contribution in [-0.4, -0.2) is 17.5 Å². The average Bonchev–Trinajstić information content (AvgIpc) is 2.54. The predicted octanol–water partition coefficient (Wildman–Crippen LogP) is 2.44. The lowest BCUT2D eigenvalue weighted by molar-refractivity contribution is -0.127. The first-order valence-corrected chi connectivity index (χ1v) is 6.96. The number of carbonyl (C=O) groups excluding carboxylic acids is 2. The van der Waals surface area contributed by atoms with Crippen LogP contribution in [0.4, 0.5) is 4.79 Å². The topological polar surface area (TPSA) is 58.2 Å². The average molecular weight is 252 g/mol. The molecule has 0 atom stereocenters. The van der Waals surface area contributed by atoms with Crippen molar-refractivity contribution in [1.82, 2.24) is 10.6 Å². The predicted molar refractivity (Wildman–Crippen MR) is 70.0 cm³/mol. The highest BCUT2D eigenvalue weighted by molar-refractivity contribution is 6.07. The molecule has 2 fully saturated rings. The van der Waals surface area contributed by atoms with E-state index >= 15 is 0 Å². The second-order valence-electron chi connectivity index (χ2n) is 6.53. The van der Waals surface area contributed by atoms with Crippen LogP contribution in [0.5, 0.6) is 0 Å². The van der Waals surface area contributed by atoms with Crippen LogP contribution in [-0.2, 0) is 4.79 Å². The summed E-state index contributed by atoms with van der Waals surface area (Å²) in [7, 11) is 0. The lowest BCUT2D eigenvalue weighted by Gasteiger charge is -2.48. The number of carbonyl (C=O) groups is 2. The molecule has 0 bridgehead atoms. The minimum absolute atomic E-state index is 0.131. The summed E-state index contributed by atoms with van der Waals surface area (Å²) >= 11 is 0. The molecule has 1 aliphatic heterocycles. The third-order valence-corrected chi connectivity index (χ3v) is 5.35. The fourth-order valence-corrected chi connectivity index (χ4v) is 3.84. The van der Waals surface area contributed by atoms with E-state index in [1.165, 1.54) is 0 Å². The molecule has 0 aromatic rings. The molecule has 3 amide bonds. The van der Waals surface area contributed by atoms with Crippen LogP contribution < -0.4 is 10.6 Å². The van der Waals surface area contributed by atoms with E-state index in [0.717, 1.165) is 25.7 Å². The van der Waals surface area contributed by atoms with Gasteiger partial charge in [0.05, 0.1) is 0 Å². The van der Waals surface area contributed by atoms with Gasteiger partial charge < -0.3 is 5.32 Å². The van der Waals surface area contributed by atoms with Crippen LogP contribution in [0.15, 0.2) is 0 Å². The van der Waals surface area contributed by atoms with Gasteiger partial charge in [0.25, 0.3) is 5.91 Å². The maximum atomic E-state index is 11.9. The van der Waals surface area contributed by atoms with E-state index in [-0.39, 0.29) is 11.9 Å². The number of hydrogen-bond acceptors (Lipinski definition) is 2. The van der Waals surface area contributed by atoms with E-state index in [2.05, 4.69) is 38.3 Å². The number of urea groups is 1. The van der Waals surface area contributed by atoms with E-state index in [1.807, 2.05) is 0 Å². The van der Waals surface area contributed by atoms with Gasteiger partial charge in [-0.3, -0.25) is 10.1 Å². The van der Waals surface area contributed by atoms with Gasteiger partial charge in [-0.25, -0.2) is 4.79 Å². The van der Waals surface area contributed by atoms with Crippen molar-refractivity contribution in [2.45, 2.75) is 58.9 Å². The molecule has 4 heteroatoms. The van der Waals surface area contributed by atoms with Crippen LogP contribution in [0.1, 0.15) is 53.4 Å². The molecule has 1 saturated carbocycles. The highest BCUT2D eigenvalue weighted by Crippen LogP contribution is 2.51. The van der Waals surface area contributed by atoms with E-state index in [4.69, 9.17) is 0 Å². The molecule has 2 aliphatic rings. The van der Waals surface area contributed by atoms with Gasteiger partial charge in [-0.2, -0.15) is 0 Å². The molecule has 18 heavy (non-hydrogen) atoms. The summed E-state index contributed by atoms with van der Waals surface area (Å²) in [4.78, 5) is 23.2. The summed E-state index contributed by atoms with van der Waals surface area (Å²) in [6, 6.07) is -0.332. The van der Waals surface area contributed by atoms with E-state index in [1.54, 1.807) is 0 Å². The maximum Gasteiger partial charge on any atom is 0.322 e. The van der Waals surface area contributed by atoms with Crippen LogP contribution >= 0.6 is 0 Å². The minimum Gasteiger partial charge on any atom is -0.323 e. The van der Waals surface area contributed by atoms with Gasteiger partial charge >= 0.3 is 6.03 Å². The Morgan fingerprint density at radius 3 is 1.78 bits per heavy atom. The van der Waals surface area contributed by atoms with Crippen molar-refractivity contribution in [3.63, 3.8) is 0 Å². The van der Waals surface area contributed by atoms with Gasteiger partial charge in [-0.05, 0) is 42.9 Å². The third kappa shape index (κ3) is 1.82. The Labute approximate surface area is 109 Å². The molecule has 0 aromatic heterocycles. The molecule has 0 unspecified atom stereocenters. The Balaban J connectivity index is 2.16. The monoisotopic (exact) mass is 252 g/mol. The van der Waals surface area contributed by atoms with Crippen molar-refractivity contribution in [2.24, 2.45) is 17.3 Å². The number of rotatable bonds is 2. The molecule has 4 nitrogen and oxygen atoms in total. The highest BCUT2D eigenvalue weighted by atomic mass is 16.2. The van der Waals surface area contributed by atoms with Crippen molar-refractivity contribution in [3.8, 4) is 0 Å². The third-order valence-electron chi connectivity index (χ3n) is 5.35. The van der Waals surface area contributed by atoms with Crippen molar-refractivity contribution < 1.29 is 9.59 Å². The fourth-order valence-electron chi connectivity index (χ4n) is 3.84. The van der Waals surface area contributed by atoms with E-state index < -0.39 is 5.54 Å². The molecule has 102 valence electrons. The first-order chi connectivity index (χ1) is 8.32. The Kier molecular flexibility index (Phi) is 3.16. The van der Waals surface area contributed by atoms with Crippen LogP contribution in [0, 0.1) is 17.3 Å². The van der Waals surface area contributed by atoms with Crippen LogP contribution in [0.2, 0.25) is 0 Å². The lowest BCUT2D eigenvalue weighted by atomic mass is 9.57. The van der Waals surface area contributed by atoms with Crippen LogP contribution in [0.3, 0.4) is 0 Å². The van der Waals surface area contributed by atoms with Gasteiger partial charge in [0.1, 0.15) is 5.54 Å². The number of nitrogens with one attached hydrogen (secondary N) is 2. The summed E-state index contributed by atoms with van der Waals surface area (Å²) < 4.78 is 0. The standard InChI is InChI=1S/C14H24N2O2/c1-9(2)13(10(3)4)5-7-14(8-6-13)11(17)15-12(18)16-14/h9-10H,5-8H2,1-4H3,(H2,15,16,17,18). The molecule has 1 aliphatic carbocycles. The van der Waals surface area contributed by atoms with Gasteiger partial charge in [0.2, 0.25) is 0 Å². The van der Waals surface area contributed by atoms with Crippen LogP contribution in [0.25, 0.3) is 0 Å². The molecule has 0 aromatic carbocycles. The molecular weight excluding hydrogens is 228 g/mol. The first kappa shape index (κ1) is 13.4. The van der Waals surface area contributed by atoms with Gasteiger partial charge in [-0.15, -0.1) is 0 Å². The normalized spacial score (nSPS) is 25.7. The van der Waals surface area contributed by atoms with E-state index in [9.17, 15) is 9.59 Å². The van der Waals surface area contributed by atoms with Crippen molar-refractivity contribution in [1.29, 1.82) is 0 Å². The molecule has 2 rings (SSSR count). The Morgan fingerprint density at radius 1 is 0.944 bits per heavy atom.